The van der Waals surface area contributed by atoms with E-state index in [1.54, 1.807) is 36.4 Å². The summed E-state index contributed by atoms with van der Waals surface area (Å²) in [5.74, 6) is -0.414. The van der Waals surface area contributed by atoms with Crippen molar-refractivity contribution in [3.05, 3.63) is 52.5 Å². The molecule has 0 aromatic heterocycles. The van der Waals surface area contributed by atoms with Gasteiger partial charge in [0.05, 0.1) is 17.8 Å². The smallest absolute Gasteiger partial charge is 0.347 e. The summed E-state index contributed by atoms with van der Waals surface area (Å²) in [5.41, 5.74) is 0.477. The number of amides is 1. The Bertz CT molecular complexity index is 827. The summed E-state index contributed by atoms with van der Waals surface area (Å²) in [7, 11) is 1.50. The van der Waals surface area contributed by atoms with Gasteiger partial charge in [0.15, 0.2) is 12.2 Å². The lowest BCUT2D eigenvalue weighted by molar-refractivity contribution is -0.159. The standard InChI is InChI=1S/C19H19Cl2NO5/c1-11(18(23)22-15-6-4-5-7-17(15)25-3)27-19(24)12(2)26-16-9-8-13(20)10-14(16)21/h4-12H,1-3H3,(H,22,23)/t11-,12+/m1/s1. The third-order valence-electron chi connectivity index (χ3n) is 3.56. The number of esters is 1. The Balaban J connectivity index is 1.94. The molecule has 0 saturated carbocycles. The second-order valence-electron chi connectivity index (χ2n) is 5.60. The van der Waals surface area contributed by atoms with Crippen LogP contribution in [-0.4, -0.2) is 31.2 Å². The van der Waals surface area contributed by atoms with E-state index >= 15 is 0 Å². The van der Waals surface area contributed by atoms with Gasteiger partial charge in [-0.15, -0.1) is 0 Å². The molecular weight excluding hydrogens is 393 g/mol. The first kappa shape index (κ1) is 20.9. The summed E-state index contributed by atoms with van der Waals surface area (Å²) in [6.45, 7) is 2.96. The second-order valence-corrected chi connectivity index (χ2v) is 6.45. The van der Waals surface area contributed by atoms with Crippen molar-refractivity contribution in [1.29, 1.82) is 0 Å². The Morgan fingerprint density at radius 2 is 1.70 bits per heavy atom. The van der Waals surface area contributed by atoms with Crippen molar-refractivity contribution >= 4 is 40.8 Å². The number of rotatable bonds is 7. The van der Waals surface area contributed by atoms with E-state index in [4.69, 9.17) is 37.4 Å². The van der Waals surface area contributed by atoms with Crippen molar-refractivity contribution in [1.82, 2.24) is 0 Å². The molecular formula is C19H19Cl2NO5. The van der Waals surface area contributed by atoms with E-state index in [2.05, 4.69) is 5.32 Å². The molecule has 8 heteroatoms. The van der Waals surface area contributed by atoms with Gasteiger partial charge in [-0.1, -0.05) is 35.3 Å². The highest BCUT2D eigenvalue weighted by Crippen LogP contribution is 2.28. The Morgan fingerprint density at radius 3 is 2.37 bits per heavy atom. The number of carbonyl (C=O) groups excluding carboxylic acids is 2. The maximum atomic E-state index is 12.3. The minimum absolute atomic E-state index is 0.268. The summed E-state index contributed by atoms with van der Waals surface area (Å²) in [6.07, 6.45) is -2.00. The van der Waals surface area contributed by atoms with Gasteiger partial charge in [0, 0.05) is 5.02 Å². The zero-order chi connectivity index (χ0) is 20.0. The van der Waals surface area contributed by atoms with Crippen LogP contribution in [0, 0.1) is 0 Å². The van der Waals surface area contributed by atoms with Gasteiger partial charge in [0.25, 0.3) is 5.91 Å². The van der Waals surface area contributed by atoms with Crippen LogP contribution in [0.15, 0.2) is 42.5 Å². The molecule has 0 heterocycles. The lowest BCUT2D eigenvalue weighted by atomic mass is 10.2. The number of nitrogens with one attached hydrogen (secondary N) is 1. The van der Waals surface area contributed by atoms with E-state index in [0.717, 1.165) is 0 Å². The van der Waals surface area contributed by atoms with Crippen molar-refractivity contribution in [2.75, 3.05) is 12.4 Å². The maximum absolute atomic E-state index is 12.3. The van der Waals surface area contributed by atoms with Crippen LogP contribution in [-0.2, 0) is 14.3 Å². The minimum atomic E-state index is -1.03. The minimum Gasteiger partial charge on any atom is -0.495 e. The number of benzene rings is 2. The quantitative estimate of drug-likeness (QED) is 0.685. The fourth-order valence-electron chi connectivity index (χ4n) is 2.12. The summed E-state index contributed by atoms with van der Waals surface area (Å²) < 4.78 is 15.8. The van der Waals surface area contributed by atoms with Crippen LogP contribution < -0.4 is 14.8 Å². The van der Waals surface area contributed by atoms with Crippen molar-refractivity contribution in [2.24, 2.45) is 0 Å². The summed E-state index contributed by atoms with van der Waals surface area (Å²) in [4.78, 5) is 24.5. The Morgan fingerprint density at radius 1 is 1.00 bits per heavy atom. The fraction of sp³-hybridized carbons (Fsp3) is 0.263. The number of methoxy groups -OCH3 is 1. The van der Waals surface area contributed by atoms with Crippen molar-refractivity contribution < 1.29 is 23.8 Å². The molecule has 0 spiro atoms. The molecule has 0 fully saturated rings. The fourth-order valence-corrected chi connectivity index (χ4v) is 2.57. The maximum Gasteiger partial charge on any atom is 0.347 e. The molecule has 2 atom stereocenters. The first-order valence-corrected chi connectivity index (χ1v) is 8.83. The largest absolute Gasteiger partial charge is 0.495 e. The number of hydrogen-bond donors (Lipinski definition) is 1. The van der Waals surface area contributed by atoms with E-state index < -0.39 is 24.1 Å². The predicted octanol–water partition coefficient (Wildman–Crippen LogP) is 4.34. The van der Waals surface area contributed by atoms with Crippen LogP contribution in [0.5, 0.6) is 11.5 Å². The van der Waals surface area contributed by atoms with Gasteiger partial charge in [0.1, 0.15) is 11.5 Å². The third kappa shape index (κ3) is 5.77. The van der Waals surface area contributed by atoms with E-state index in [0.29, 0.717) is 16.5 Å². The lowest BCUT2D eigenvalue weighted by Gasteiger charge is -2.18. The number of carbonyl (C=O) groups is 2. The molecule has 1 amide bonds. The zero-order valence-electron chi connectivity index (χ0n) is 15.0. The van der Waals surface area contributed by atoms with E-state index in [-0.39, 0.29) is 10.8 Å². The molecule has 0 aliphatic carbocycles. The van der Waals surface area contributed by atoms with Crippen LogP contribution in [0.25, 0.3) is 0 Å². The average molecular weight is 412 g/mol. The lowest BCUT2D eigenvalue weighted by Crippen LogP contribution is -2.35. The van der Waals surface area contributed by atoms with Crippen LogP contribution >= 0.6 is 23.2 Å². The van der Waals surface area contributed by atoms with Gasteiger partial charge in [-0.2, -0.15) is 0 Å². The number of para-hydroxylation sites is 2. The van der Waals surface area contributed by atoms with Crippen molar-refractivity contribution in [3.63, 3.8) is 0 Å². The first-order chi connectivity index (χ1) is 12.8. The average Bonchev–Trinajstić information content (AvgIpc) is 2.64. The molecule has 0 unspecified atom stereocenters. The van der Waals surface area contributed by atoms with Gasteiger partial charge in [-0.25, -0.2) is 4.79 Å². The van der Waals surface area contributed by atoms with E-state index in [9.17, 15) is 9.59 Å². The van der Waals surface area contributed by atoms with Gasteiger partial charge < -0.3 is 19.5 Å². The molecule has 0 aliphatic rings. The van der Waals surface area contributed by atoms with Crippen LogP contribution in [0.4, 0.5) is 5.69 Å². The monoisotopic (exact) mass is 411 g/mol. The van der Waals surface area contributed by atoms with Crippen LogP contribution in [0.3, 0.4) is 0 Å². The zero-order valence-corrected chi connectivity index (χ0v) is 16.5. The van der Waals surface area contributed by atoms with Gasteiger partial charge in [-0.05, 0) is 44.2 Å². The van der Waals surface area contributed by atoms with E-state index in [1.807, 2.05) is 0 Å². The molecule has 2 aromatic carbocycles. The predicted molar refractivity (Wildman–Crippen MR) is 104 cm³/mol. The summed E-state index contributed by atoms with van der Waals surface area (Å²) >= 11 is 11.8. The highest BCUT2D eigenvalue weighted by Gasteiger charge is 2.24. The molecule has 0 aliphatic heterocycles. The number of halogens is 2. The van der Waals surface area contributed by atoms with Crippen molar-refractivity contribution in [3.8, 4) is 11.5 Å². The van der Waals surface area contributed by atoms with Gasteiger partial charge in [-0.3, -0.25) is 4.79 Å². The molecule has 2 aromatic rings. The Labute approximate surface area is 167 Å². The molecule has 0 saturated heterocycles. The Kier molecular flexibility index (Phi) is 7.33. The number of ether oxygens (including phenoxy) is 3. The Hall–Kier alpha value is -2.44. The second kappa shape index (κ2) is 9.48. The van der Waals surface area contributed by atoms with E-state index in [1.165, 1.54) is 27.0 Å². The molecule has 144 valence electrons. The molecule has 2 rings (SSSR count). The summed E-state index contributed by atoms with van der Waals surface area (Å²) in [6, 6.07) is 11.5. The van der Waals surface area contributed by atoms with Crippen molar-refractivity contribution in [2.45, 2.75) is 26.1 Å². The topological polar surface area (TPSA) is 73.9 Å². The molecule has 1 N–H and O–H groups in total. The summed E-state index contributed by atoms with van der Waals surface area (Å²) in [5, 5.41) is 3.37. The molecule has 0 bridgehead atoms. The molecule has 6 nitrogen and oxygen atoms in total. The van der Waals surface area contributed by atoms with Gasteiger partial charge in [0.2, 0.25) is 0 Å². The van der Waals surface area contributed by atoms with Gasteiger partial charge >= 0.3 is 5.97 Å². The third-order valence-corrected chi connectivity index (χ3v) is 4.09. The first-order valence-electron chi connectivity index (χ1n) is 8.08. The highest BCUT2D eigenvalue weighted by molar-refractivity contribution is 6.35. The number of anilines is 1. The van der Waals surface area contributed by atoms with Crippen LogP contribution in [0.1, 0.15) is 13.8 Å². The molecule has 27 heavy (non-hydrogen) atoms. The SMILES string of the molecule is COc1ccccc1NC(=O)[C@@H](C)OC(=O)[C@H](C)Oc1ccc(Cl)cc1Cl. The molecule has 0 radical (unpaired) electrons. The normalized spacial score (nSPS) is 12.6. The number of hydrogen-bond acceptors (Lipinski definition) is 5. The van der Waals surface area contributed by atoms with Crippen LogP contribution in [0.2, 0.25) is 10.0 Å². The highest BCUT2D eigenvalue weighted by atomic mass is 35.5.